The highest BCUT2D eigenvalue weighted by Crippen LogP contribution is 2.07. The molecule has 2 amide bonds. The van der Waals surface area contributed by atoms with Crippen LogP contribution in [-0.2, 0) is 16.0 Å². The van der Waals surface area contributed by atoms with Crippen molar-refractivity contribution in [1.29, 1.82) is 0 Å². The summed E-state index contributed by atoms with van der Waals surface area (Å²) in [5.41, 5.74) is 4.97. The van der Waals surface area contributed by atoms with Gasteiger partial charge in [-0.05, 0) is 23.3 Å². The Labute approximate surface area is 129 Å². The van der Waals surface area contributed by atoms with Crippen molar-refractivity contribution in [3.05, 3.63) is 65.7 Å². The van der Waals surface area contributed by atoms with Crippen molar-refractivity contribution in [2.45, 2.75) is 13.3 Å². The summed E-state index contributed by atoms with van der Waals surface area (Å²) in [4.78, 5) is 22.6. The summed E-state index contributed by atoms with van der Waals surface area (Å²) >= 11 is 0. The van der Waals surface area contributed by atoms with Crippen molar-refractivity contribution in [3.63, 3.8) is 0 Å². The molecule has 5 nitrogen and oxygen atoms in total. The van der Waals surface area contributed by atoms with Crippen LogP contribution in [0.4, 0.5) is 5.69 Å². The van der Waals surface area contributed by atoms with Gasteiger partial charge >= 0.3 is 0 Å². The Morgan fingerprint density at radius 3 is 2.36 bits per heavy atom. The fraction of sp³-hybridized carbons (Fsp3) is 0.118. The Balaban J connectivity index is 1.84. The van der Waals surface area contributed by atoms with Crippen LogP contribution in [0.25, 0.3) is 0 Å². The van der Waals surface area contributed by atoms with E-state index in [0.717, 1.165) is 16.8 Å². The lowest BCUT2D eigenvalue weighted by Crippen LogP contribution is -2.19. The van der Waals surface area contributed by atoms with E-state index in [-0.39, 0.29) is 11.8 Å². The third-order valence-electron chi connectivity index (χ3n) is 2.84. The highest BCUT2D eigenvalue weighted by atomic mass is 16.2. The first-order valence-electron chi connectivity index (χ1n) is 6.87. The molecule has 0 heterocycles. The summed E-state index contributed by atoms with van der Waals surface area (Å²) in [7, 11) is 0. The van der Waals surface area contributed by atoms with E-state index in [4.69, 9.17) is 0 Å². The Morgan fingerprint density at radius 2 is 1.73 bits per heavy atom. The fourth-order valence-electron chi connectivity index (χ4n) is 1.86. The molecule has 0 atom stereocenters. The van der Waals surface area contributed by atoms with Gasteiger partial charge in [-0.3, -0.25) is 9.59 Å². The van der Waals surface area contributed by atoms with E-state index in [1.807, 2.05) is 30.3 Å². The number of benzene rings is 2. The van der Waals surface area contributed by atoms with Crippen molar-refractivity contribution in [2.24, 2.45) is 5.10 Å². The van der Waals surface area contributed by atoms with E-state index >= 15 is 0 Å². The van der Waals surface area contributed by atoms with Crippen LogP contribution in [0.2, 0.25) is 0 Å². The summed E-state index contributed by atoms with van der Waals surface area (Å²) in [5.74, 6) is -0.285. The Hall–Kier alpha value is -2.95. The van der Waals surface area contributed by atoms with Crippen molar-refractivity contribution < 1.29 is 9.59 Å². The molecule has 0 aliphatic carbocycles. The van der Waals surface area contributed by atoms with Crippen molar-refractivity contribution >= 4 is 23.7 Å². The van der Waals surface area contributed by atoms with Crippen LogP contribution in [0, 0.1) is 0 Å². The maximum absolute atomic E-state index is 11.7. The first-order valence-corrected chi connectivity index (χ1v) is 6.87. The molecule has 0 radical (unpaired) electrons. The minimum atomic E-state index is -0.169. The van der Waals surface area contributed by atoms with E-state index in [1.54, 1.807) is 30.5 Å². The molecule has 2 N–H and O–H groups in total. The summed E-state index contributed by atoms with van der Waals surface area (Å²) in [6.45, 7) is 1.46. The van der Waals surface area contributed by atoms with Gasteiger partial charge in [0.05, 0.1) is 12.6 Å². The van der Waals surface area contributed by atoms with Gasteiger partial charge in [0.2, 0.25) is 11.8 Å². The summed E-state index contributed by atoms with van der Waals surface area (Å²) in [6, 6.07) is 16.6. The Bertz CT molecular complexity index is 664. The average Bonchev–Trinajstić information content (AvgIpc) is 2.49. The number of carbonyl (C=O) groups excluding carboxylic acids is 2. The molecule has 22 heavy (non-hydrogen) atoms. The summed E-state index contributed by atoms with van der Waals surface area (Å²) < 4.78 is 0. The second-order valence-electron chi connectivity index (χ2n) is 4.76. The first-order chi connectivity index (χ1) is 10.6. The highest BCUT2D eigenvalue weighted by Gasteiger charge is 2.00. The Morgan fingerprint density at radius 1 is 1.05 bits per heavy atom. The lowest BCUT2D eigenvalue weighted by atomic mass is 10.1. The van der Waals surface area contributed by atoms with Crippen molar-refractivity contribution in [2.75, 3.05) is 5.32 Å². The molecule has 2 aromatic carbocycles. The van der Waals surface area contributed by atoms with Crippen LogP contribution in [0.1, 0.15) is 18.1 Å². The molecule has 0 spiro atoms. The van der Waals surface area contributed by atoms with Crippen molar-refractivity contribution in [1.82, 2.24) is 5.43 Å². The van der Waals surface area contributed by atoms with Crippen LogP contribution in [-0.4, -0.2) is 18.0 Å². The third-order valence-corrected chi connectivity index (χ3v) is 2.84. The van der Waals surface area contributed by atoms with Gasteiger partial charge in [0.25, 0.3) is 0 Å². The number of carbonyl (C=O) groups is 2. The number of hydrazone groups is 1. The lowest BCUT2D eigenvalue weighted by molar-refractivity contribution is -0.120. The third kappa shape index (κ3) is 5.20. The number of rotatable bonds is 5. The SMILES string of the molecule is CC(=O)Nc1ccc(/C=N/NC(=O)Cc2ccccc2)cc1. The van der Waals surface area contributed by atoms with Crippen LogP contribution < -0.4 is 10.7 Å². The number of hydrogen-bond acceptors (Lipinski definition) is 3. The van der Waals surface area contributed by atoms with Crippen LogP contribution in [0.15, 0.2) is 59.7 Å². The molecule has 112 valence electrons. The second-order valence-corrected chi connectivity index (χ2v) is 4.76. The molecule has 0 unspecified atom stereocenters. The molecule has 5 heteroatoms. The smallest absolute Gasteiger partial charge is 0.244 e. The number of amides is 2. The molecule has 0 aromatic heterocycles. The second kappa shape index (κ2) is 7.73. The predicted molar refractivity (Wildman–Crippen MR) is 86.6 cm³/mol. The van der Waals surface area contributed by atoms with Gasteiger partial charge in [-0.25, -0.2) is 5.43 Å². The van der Waals surface area contributed by atoms with E-state index < -0.39 is 0 Å². The van der Waals surface area contributed by atoms with Gasteiger partial charge in [0.1, 0.15) is 0 Å². The molecule has 0 fully saturated rings. The molecule has 0 saturated heterocycles. The zero-order valence-electron chi connectivity index (χ0n) is 12.2. The zero-order valence-corrected chi connectivity index (χ0v) is 12.2. The number of anilines is 1. The molecule has 2 rings (SSSR count). The minimum Gasteiger partial charge on any atom is -0.326 e. The monoisotopic (exact) mass is 295 g/mol. The Kier molecular flexibility index (Phi) is 5.43. The quantitative estimate of drug-likeness (QED) is 0.656. The highest BCUT2D eigenvalue weighted by molar-refractivity contribution is 5.89. The normalized spacial score (nSPS) is 10.4. The first kappa shape index (κ1) is 15.4. The van der Waals surface area contributed by atoms with Crippen LogP contribution in [0.3, 0.4) is 0 Å². The fourth-order valence-corrected chi connectivity index (χ4v) is 1.86. The van der Waals surface area contributed by atoms with Gasteiger partial charge < -0.3 is 5.32 Å². The van der Waals surface area contributed by atoms with Gasteiger partial charge in [0.15, 0.2) is 0 Å². The van der Waals surface area contributed by atoms with Gasteiger partial charge in [-0.15, -0.1) is 0 Å². The summed E-state index contributed by atoms with van der Waals surface area (Å²) in [6.07, 6.45) is 1.85. The maximum Gasteiger partial charge on any atom is 0.244 e. The molecule has 0 aliphatic rings. The van der Waals surface area contributed by atoms with E-state index in [2.05, 4.69) is 15.8 Å². The van der Waals surface area contributed by atoms with Crippen LogP contribution >= 0.6 is 0 Å². The average molecular weight is 295 g/mol. The number of nitrogens with one attached hydrogen (secondary N) is 2. The van der Waals surface area contributed by atoms with Gasteiger partial charge in [0, 0.05) is 12.6 Å². The number of hydrogen-bond donors (Lipinski definition) is 2. The zero-order chi connectivity index (χ0) is 15.8. The maximum atomic E-state index is 11.7. The van der Waals surface area contributed by atoms with E-state index in [9.17, 15) is 9.59 Å². The number of nitrogens with zero attached hydrogens (tertiary/aromatic N) is 1. The predicted octanol–water partition coefficient (Wildman–Crippen LogP) is 2.34. The minimum absolute atomic E-state index is 0.116. The molecule has 0 aliphatic heterocycles. The molecule has 2 aromatic rings. The van der Waals surface area contributed by atoms with Crippen molar-refractivity contribution in [3.8, 4) is 0 Å². The molecule has 0 saturated carbocycles. The van der Waals surface area contributed by atoms with Gasteiger partial charge in [-0.1, -0.05) is 42.5 Å². The van der Waals surface area contributed by atoms with E-state index in [1.165, 1.54) is 6.92 Å². The van der Waals surface area contributed by atoms with Gasteiger partial charge in [-0.2, -0.15) is 5.10 Å². The van der Waals surface area contributed by atoms with Crippen LogP contribution in [0.5, 0.6) is 0 Å². The summed E-state index contributed by atoms with van der Waals surface area (Å²) in [5, 5.41) is 6.60. The molecular formula is C17H17N3O2. The topological polar surface area (TPSA) is 70.6 Å². The standard InChI is InChI=1S/C17H17N3O2/c1-13(21)19-16-9-7-15(8-10-16)12-18-20-17(22)11-14-5-3-2-4-6-14/h2-10,12H,11H2,1H3,(H,19,21)(H,20,22)/b18-12+. The van der Waals surface area contributed by atoms with E-state index in [0.29, 0.717) is 6.42 Å². The lowest BCUT2D eigenvalue weighted by Gasteiger charge is -2.02. The molecule has 0 bridgehead atoms. The largest absolute Gasteiger partial charge is 0.326 e. The molecular weight excluding hydrogens is 278 g/mol.